The molecule has 2 aromatic carbocycles. The summed E-state index contributed by atoms with van der Waals surface area (Å²) in [5.74, 6) is -0.995. The Bertz CT molecular complexity index is 1110. The number of sulfone groups is 1. The molecule has 0 radical (unpaired) electrons. The Hall–Kier alpha value is -2.78. The molecule has 29 heavy (non-hydrogen) atoms. The number of nitrogens with zero attached hydrogens (tertiary/aromatic N) is 2. The lowest BCUT2D eigenvalue weighted by atomic mass is 9.80. The number of rotatable bonds is 4. The first kappa shape index (κ1) is 19.5. The van der Waals surface area contributed by atoms with Gasteiger partial charge in [-0.15, -0.1) is 0 Å². The van der Waals surface area contributed by atoms with Crippen LogP contribution in [0, 0.1) is 11.7 Å². The lowest BCUT2D eigenvalue weighted by molar-refractivity contribution is 0.179. The smallest absolute Gasteiger partial charge is 0.210 e. The minimum atomic E-state index is -3.35. The van der Waals surface area contributed by atoms with E-state index in [4.69, 9.17) is 5.73 Å². The van der Waals surface area contributed by atoms with Crippen molar-refractivity contribution < 1.29 is 12.8 Å². The summed E-state index contributed by atoms with van der Waals surface area (Å²) in [6.07, 6.45) is 3.99. The van der Waals surface area contributed by atoms with Gasteiger partial charge in [-0.25, -0.2) is 22.8 Å². The van der Waals surface area contributed by atoms with Crippen molar-refractivity contribution in [1.82, 2.24) is 5.32 Å². The van der Waals surface area contributed by atoms with Crippen molar-refractivity contribution in [2.45, 2.75) is 29.9 Å². The molecule has 0 aromatic heterocycles. The molecule has 1 fully saturated rings. The molecular weight excluding hydrogens is 393 g/mol. The summed E-state index contributed by atoms with van der Waals surface area (Å²) >= 11 is 0. The average molecular weight is 415 g/mol. The van der Waals surface area contributed by atoms with Crippen LogP contribution in [0.15, 0.2) is 63.4 Å². The van der Waals surface area contributed by atoms with Crippen LogP contribution in [0.4, 0.5) is 10.1 Å². The molecule has 0 spiro atoms. The molecule has 152 valence electrons. The Balaban J connectivity index is 1.69. The monoisotopic (exact) mass is 415 g/mol. The summed E-state index contributed by atoms with van der Waals surface area (Å²) in [7, 11) is -3.35. The second-order valence-electron chi connectivity index (χ2n) is 7.36. The van der Waals surface area contributed by atoms with Crippen molar-refractivity contribution in [3.63, 3.8) is 0 Å². The molecule has 9 heteroatoms. The highest BCUT2D eigenvalue weighted by Gasteiger charge is 2.41. The van der Waals surface area contributed by atoms with Crippen LogP contribution in [0.5, 0.6) is 0 Å². The van der Waals surface area contributed by atoms with Crippen LogP contribution in [0.2, 0.25) is 0 Å². The van der Waals surface area contributed by atoms with Crippen LogP contribution >= 0.6 is 0 Å². The molecule has 1 heterocycles. The van der Waals surface area contributed by atoms with E-state index in [-0.39, 0.29) is 16.6 Å². The molecule has 4 rings (SSSR count). The third-order valence-corrected chi connectivity index (χ3v) is 6.29. The van der Waals surface area contributed by atoms with Gasteiger partial charge in [0.15, 0.2) is 9.84 Å². The number of nitrogens with two attached hydrogens (primary N) is 1. The van der Waals surface area contributed by atoms with Crippen LogP contribution < -0.4 is 16.4 Å². The normalized spacial score (nSPS) is 22.2. The van der Waals surface area contributed by atoms with E-state index in [0.717, 1.165) is 25.5 Å². The van der Waals surface area contributed by atoms with Crippen molar-refractivity contribution in [1.29, 1.82) is 0 Å². The molecule has 1 unspecified atom stereocenters. The first-order chi connectivity index (χ1) is 13.7. The van der Waals surface area contributed by atoms with E-state index >= 15 is 0 Å². The van der Waals surface area contributed by atoms with Crippen LogP contribution in [-0.2, 0) is 9.84 Å². The molecule has 7 nitrogen and oxygen atoms in total. The van der Waals surface area contributed by atoms with Gasteiger partial charge in [-0.05, 0) is 43.2 Å². The highest BCUT2D eigenvalue weighted by Crippen LogP contribution is 2.37. The van der Waals surface area contributed by atoms with Crippen molar-refractivity contribution in [3.05, 3.63) is 59.9 Å². The molecule has 0 saturated heterocycles. The first-order valence-corrected chi connectivity index (χ1v) is 11.2. The number of halogens is 1. The van der Waals surface area contributed by atoms with E-state index in [1.807, 2.05) is 0 Å². The van der Waals surface area contributed by atoms with E-state index in [0.29, 0.717) is 17.2 Å². The van der Waals surface area contributed by atoms with Crippen LogP contribution in [0.1, 0.15) is 24.8 Å². The number of amidine groups is 1. The minimum Gasteiger partial charge on any atom is -0.326 e. The molecule has 1 saturated carbocycles. The fourth-order valence-corrected chi connectivity index (χ4v) is 4.01. The summed E-state index contributed by atoms with van der Waals surface area (Å²) in [6, 6.07) is 12.7. The number of aliphatic imine (C=N–C) groups is 2. The van der Waals surface area contributed by atoms with E-state index in [1.165, 1.54) is 18.2 Å². The lowest BCUT2D eigenvalue weighted by Crippen LogP contribution is -2.55. The Morgan fingerprint density at radius 3 is 2.59 bits per heavy atom. The zero-order valence-corrected chi connectivity index (χ0v) is 16.7. The van der Waals surface area contributed by atoms with E-state index in [2.05, 4.69) is 20.6 Å². The molecule has 1 aliphatic heterocycles. The summed E-state index contributed by atoms with van der Waals surface area (Å²) in [5, 5.41) is 6.06. The lowest BCUT2D eigenvalue weighted by Gasteiger charge is -2.39. The Kier molecular flexibility index (Phi) is 4.87. The van der Waals surface area contributed by atoms with Gasteiger partial charge in [0.25, 0.3) is 0 Å². The number of hydrogen-bond donors (Lipinski definition) is 3. The van der Waals surface area contributed by atoms with Crippen LogP contribution in [-0.4, -0.2) is 32.3 Å². The SMILES string of the molecule is CS(=O)(=O)c1cccc(NC2=NC(N)(C3CCC3)N=C(c3ccccc3F)N2)c1. The predicted molar refractivity (Wildman–Crippen MR) is 111 cm³/mol. The molecule has 0 bridgehead atoms. The zero-order valence-electron chi connectivity index (χ0n) is 15.9. The third-order valence-electron chi connectivity index (χ3n) is 5.18. The standard InChI is InChI=1S/C20H22FN5O2S/c1-29(27,28)15-9-5-8-14(12-15)23-19-24-18(16-10-2-3-11-17(16)21)25-20(22,26-19)13-6-4-7-13/h2-3,5,8-13H,4,6-7,22H2,1H3,(H2,23,24,25,26). The molecule has 1 aliphatic carbocycles. The van der Waals surface area contributed by atoms with Gasteiger partial charge >= 0.3 is 0 Å². The maximum absolute atomic E-state index is 14.4. The molecule has 1 atom stereocenters. The quantitative estimate of drug-likeness (QED) is 0.711. The average Bonchev–Trinajstić information content (AvgIpc) is 2.59. The molecule has 0 amide bonds. The highest BCUT2D eigenvalue weighted by molar-refractivity contribution is 7.90. The summed E-state index contributed by atoms with van der Waals surface area (Å²) < 4.78 is 38.0. The summed E-state index contributed by atoms with van der Waals surface area (Å²) in [4.78, 5) is 9.26. The summed E-state index contributed by atoms with van der Waals surface area (Å²) in [6.45, 7) is 0. The van der Waals surface area contributed by atoms with Gasteiger partial charge in [0.05, 0.1) is 10.5 Å². The van der Waals surface area contributed by atoms with Crippen molar-refractivity contribution in [3.8, 4) is 0 Å². The maximum atomic E-state index is 14.4. The molecular formula is C20H22FN5O2S. The molecule has 2 aromatic rings. The number of anilines is 1. The van der Waals surface area contributed by atoms with E-state index in [1.54, 1.807) is 30.3 Å². The summed E-state index contributed by atoms with van der Waals surface area (Å²) in [5.41, 5.74) is 7.32. The third kappa shape index (κ3) is 4.01. The maximum Gasteiger partial charge on any atom is 0.210 e. The van der Waals surface area contributed by atoms with Crippen molar-refractivity contribution in [2.24, 2.45) is 21.6 Å². The van der Waals surface area contributed by atoms with E-state index in [9.17, 15) is 12.8 Å². The van der Waals surface area contributed by atoms with Crippen molar-refractivity contribution >= 4 is 27.3 Å². The highest BCUT2D eigenvalue weighted by atomic mass is 32.2. The largest absolute Gasteiger partial charge is 0.326 e. The van der Waals surface area contributed by atoms with Crippen LogP contribution in [0.3, 0.4) is 0 Å². The van der Waals surface area contributed by atoms with Crippen molar-refractivity contribution in [2.75, 3.05) is 11.6 Å². The fraction of sp³-hybridized carbons (Fsp3) is 0.300. The zero-order chi connectivity index (χ0) is 20.6. The Morgan fingerprint density at radius 2 is 1.93 bits per heavy atom. The second-order valence-corrected chi connectivity index (χ2v) is 9.38. The predicted octanol–water partition coefficient (Wildman–Crippen LogP) is 2.46. The first-order valence-electron chi connectivity index (χ1n) is 9.32. The number of benzene rings is 2. The van der Waals surface area contributed by atoms with Gasteiger partial charge < -0.3 is 10.6 Å². The van der Waals surface area contributed by atoms with Gasteiger partial charge in [-0.2, -0.15) is 0 Å². The number of nitrogens with one attached hydrogen (secondary N) is 2. The number of hydrogen-bond acceptors (Lipinski definition) is 7. The van der Waals surface area contributed by atoms with Gasteiger partial charge in [-0.1, -0.05) is 24.6 Å². The van der Waals surface area contributed by atoms with Gasteiger partial charge in [-0.3, -0.25) is 5.73 Å². The molecule has 2 aliphatic rings. The Labute approximate surface area is 168 Å². The van der Waals surface area contributed by atoms with Gasteiger partial charge in [0.2, 0.25) is 11.7 Å². The van der Waals surface area contributed by atoms with Gasteiger partial charge in [0, 0.05) is 17.9 Å². The topological polar surface area (TPSA) is 109 Å². The fourth-order valence-electron chi connectivity index (χ4n) is 3.35. The van der Waals surface area contributed by atoms with Gasteiger partial charge in [0.1, 0.15) is 11.7 Å². The molecule has 4 N–H and O–H groups in total. The minimum absolute atomic E-state index is 0.0607. The number of guanidine groups is 1. The second kappa shape index (κ2) is 7.23. The Morgan fingerprint density at radius 1 is 1.17 bits per heavy atom. The van der Waals surface area contributed by atoms with E-state index < -0.39 is 21.4 Å². The van der Waals surface area contributed by atoms with Crippen LogP contribution in [0.25, 0.3) is 0 Å².